The van der Waals surface area contributed by atoms with E-state index in [1.165, 1.54) is 0 Å². The fraction of sp³-hybridized carbons (Fsp3) is 0.278. The highest BCUT2D eigenvalue weighted by Gasteiger charge is 2.18. The molecule has 0 fully saturated rings. The van der Waals surface area contributed by atoms with Crippen molar-refractivity contribution < 1.29 is 9.53 Å². The highest BCUT2D eigenvalue weighted by atomic mass is 35.5. The van der Waals surface area contributed by atoms with Crippen LogP contribution in [0.4, 0.5) is 0 Å². The molecule has 0 radical (unpaired) electrons. The first-order valence-corrected chi connectivity index (χ1v) is 8.29. The maximum atomic E-state index is 12.2. The smallest absolute Gasteiger partial charge is 0.261 e. The van der Waals surface area contributed by atoms with Gasteiger partial charge in [0.25, 0.3) is 5.91 Å². The Morgan fingerprint density at radius 2 is 1.83 bits per heavy atom. The average Bonchev–Trinajstić information content (AvgIpc) is 2.56. The van der Waals surface area contributed by atoms with Crippen LogP contribution in [0.1, 0.15) is 18.9 Å². The number of para-hydroxylation sites is 1. The molecule has 2 rings (SSSR count). The minimum Gasteiger partial charge on any atom is -0.479 e. The lowest BCUT2D eigenvalue weighted by molar-refractivity contribution is -0.128. The summed E-state index contributed by atoms with van der Waals surface area (Å²) in [5.74, 6) is 0.384. The van der Waals surface area contributed by atoms with Crippen molar-refractivity contribution in [2.45, 2.75) is 25.9 Å². The Morgan fingerprint density at radius 1 is 1.13 bits per heavy atom. The zero-order valence-corrected chi connectivity index (χ0v) is 14.4. The van der Waals surface area contributed by atoms with Crippen molar-refractivity contribution in [2.24, 2.45) is 0 Å². The molecule has 2 aromatic carbocycles. The molecule has 2 aromatic rings. The normalized spacial score (nSPS) is 11.8. The van der Waals surface area contributed by atoms with Gasteiger partial charge in [-0.2, -0.15) is 0 Å². The van der Waals surface area contributed by atoms with Gasteiger partial charge < -0.3 is 10.1 Å². The van der Waals surface area contributed by atoms with Gasteiger partial charge in [-0.3, -0.25) is 4.79 Å². The van der Waals surface area contributed by atoms with Crippen molar-refractivity contribution in [3.63, 3.8) is 0 Å². The molecule has 0 spiro atoms. The summed E-state index contributed by atoms with van der Waals surface area (Å²) in [4.78, 5) is 12.2. The minimum atomic E-state index is -0.555. The summed E-state index contributed by atoms with van der Waals surface area (Å²) in [6.45, 7) is 2.45. The molecule has 122 valence electrons. The summed E-state index contributed by atoms with van der Waals surface area (Å²) in [7, 11) is 0. The van der Waals surface area contributed by atoms with Gasteiger partial charge in [-0.05, 0) is 42.7 Å². The van der Waals surface area contributed by atoms with Crippen molar-refractivity contribution in [2.75, 3.05) is 6.54 Å². The number of hydrogen-bond donors (Lipinski definition) is 1. The van der Waals surface area contributed by atoms with E-state index in [0.717, 1.165) is 12.0 Å². The Morgan fingerprint density at radius 3 is 2.48 bits per heavy atom. The van der Waals surface area contributed by atoms with Crippen LogP contribution in [0.15, 0.2) is 48.5 Å². The molecule has 1 atom stereocenters. The Labute approximate surface area is 146 Å². The number of rotatable bonds is 7. The van der Waals surface area contributed by atoms with Gasteiger partial charge >= 0.3 is 0 Å². The molecular weight excluding hydrogens is 333 g/mol. The van der Waals surface area contributed by atoms with E-state index >= 15 is 0 Å². The molecule has 1 amide bonds. The van der Waals surface area contributed by atoms with E-state index in [9.17, 15) is 4.79 Å². The Kier molecular flexibility index (Phi) is 6.75. The van der Waals surface area contributed by atoms with Gasteiger partial charge in [-0.15, -0.1) is 0 Å². The van der Waals surface area contributed by atoms with Gasteiger partial charge in [0.05, 0.1) is 5.02 Å². The van der Waals surface area contributed by atoms with Gasteiger partial charge in [0.2, 0.25) is 0 Å². The van der Waals surface area contributed by atoms with Crippen LogP contribution in [-0.4, -0.2) is 18.6 Å². The fourth-order valence-electron chi connectivity index (χ4n) is 2.11. The lowest BCUT2D eigenvalue weighted by atomic mass is 10.1. The third-order valence-electron chi connectivity index (χ3n) is 3.40. The van der Waals surface area contributed by atoms with Gasteiger partial charge in [0.15, 0.2) is 6.10 Å². The number of nitrogens with one attached hydrogen (secondary N) is 1. The monoisotopic (exact) mass is 351 g/mol. The molecule has 0 saturated carbocycles. The molecule has 0 aromatic heterocycles. The predicted octanol–water partition coefficient (Wildman–Crippen LogP) is 4.51. The Balaban J connectivity index is 1.85. The molecule has 0 unspecified atom stereocenters. The predicted molar refractivity (Wildman–Crippen MR) is 94.3 cm³/mol. The molecule has 0 aliphatic carbocycles. The minimum absolute atomic E-state index is 0.138. The highest BCUT2D eigenvalue weighted by molar-refractivity contribution is 6.32. The second-order valence-electron chi connectivity index (χ2n) is 5.11. The largest absolute Gasteiger partial charge is 0.479 e. The van der Waals surface area contributed by atoms with Crippen LogP contribution in [0.2, 0.25) is 10.0 Å². The van der Waals surface area contributed by atoms with E-state index < -0.39 is 6.10 Å². The molecular formula is C18H19Cl2NO2. The maximum absolute atomic E-state index is 12.2. The van der Waals surface area contributed by atoms with E-state index in [-0.39, 0.29) is 5.91 Å². The summed E-state index contributed by atoms with van der Waals surface area (Å²) < 4.78 is 5.71. The average molecular weight is 352 g/mol. The van der Waals surface area contributed by atoms with Crippen LogP contribution < -0.4 is 10.1 Å². The maximum Gasteiger partial charge on any atom is 0.261 e. The van der Waals surface area contributed by atoms with Gasteiger partial charge in [0, 0.05) is 11.6 Å². The van der Waals surface area contributed by atoms with Gasteiger partial charge in [-0.25, -0.2) is 0 Å². The van der Waals surface area contributed by atoms with Gasteiger partial charge in [0.1, 0.15) is 5.75 Å². The number of benzene rings is 2. The molecule has 5 heteroatoms. The quantitative estimate of drug-likeness (QED) is 0.796. The summed E-state index contributed by atoms with van der Waals surface area (Å²) in [5.41, 5.74) is 1.12. The number of halogens is 2. The molecule has 0 aliphatic heterocycles. The number of hydrogen-bond acceptors (Lipinski definition) is 2. The second kappa shape index (κ2) is 8.80. The first kappa shape index (κ1) is 17.6. The fourth-order valence-corrected chi connectivity index (χ4v) is 2.42. The lowest BCUT2D eigenvalue weighted by Gasteiger charge is -2.18. The first-order chi connectivity index (χ1) is 11.1. The number of ether oxygens (including phenoxy) is 1. The van der Waals surface area contributed by atoms with Crippen molar-refractivity contribution in [3.8, 4) is 5.75 Å². The van der Waals surface area contributed by atoms with E-state index in [1.807, 2.05) is 43.3 Å². The third-order valence-corrected chi connectivity index (χ3v) is 3.96. The first-order valence-electron chi connectivity index (χ1n) is 7.53. The molecule has 1 N–H and O–H groups in total. The summed E-state index contributed by atoms with van der Waals surface area (Å²) in [6.07, 6.45) is 0.754. The summed E-state index contributed by atoms with van der Waals surface area (Å²) in [5, 5.41) is 4.10. The van der Waals surface area contributed by atoms with Crippen LogP contribution in [0.3, 0.4) is 0 Å². The van der Waals surface area contributed by atoms with E-state index in [0.29, 0.717) is 28.8 Å². The molecule has 23 heavy (non-hydrogen) atoms. The van der Waals surface area contributed by atoms with Crippen molar-refractivity contribution in [3.05, 3.63) is 64.1 Å². The number of carbonyl (C=O) groups is 1. The molecule has 0 heterocycles. The zero-order chi connectivity index (χ0) is 16.7. The third kappa shape index (κ3) is 5.45. The van der Waals surface area contributed by atoms with Gasteiger partial charge in [-0.1, -0.05) is 54.4 Å². The zero-order valence-electron chi connectivity index (χ0n) is 12.9. The molecule has 0 aliphatic rings. The van der Waals surface area contributed by atoms with Crippen molar-refractivity contribution in [1.82, 2.24) is 5.32 Å². The van der Waals surface area contributed by atoms with Crippen LogP contribution in [0.25, 0.3) is 0 Å². The Hall–Kier alpha value is -1.71. The SMILES string of the molecule is CC[C@H](Oc1ccccc1Cl)C(=O)NCCc1ccc(Cl)cc1. The second-order valence-corrected chi connectivity index (χ2v) is 5.96. The van der Waals surface area contributed by atoms with E-state index in [1.54, 1.807) is 12.1 Å². The molecule has 0 saturated heterocycles. The lowest BCUT2D eigenvalue weighted by Crippen LogP contribution is -2.39. The summed E-state index contributed by atoms with van der Waals surface area (Å²) >= 11 is 11.9. The number of carbonyl (C=O) groups excluding carboxylic acids is 1. The summed E-state index contributed by atoms with van der Waals surface area (Å²) in [6, 6.07) is 14.7. The van der Waals surface area contributed by atoms with Crippen LogP contribution in [0, 0.1) is 0 Å². The van der Waals surface area contributed by atoms with E-state index in [4.69, 9.17) is 27.9 Å². The van der Waals surface area contributed by atoms with Crippen LogP contribution >= 0.6 is 23.2 Å². The topological polar surface area (TPSA) is 38.3 Å². The molecule has 0 bridgehead atoms. The van der Waals surface area contributed by atoms with E-state index in [2.05, 4.69) is 5.32 Å². The molecule has 3 nitrogen and oxygen atoms in total. The van der Waals surface area contributed by atoms with Crippen molar-refractivity contribution in [1.29, 1.82) is 0 Å². The Bertz CT molecular complexity index is 644. The van der Waals surface area contributed by atoms with Crippen LogP contribution in [-0.2, 0) is 11.2 Å². The van der Waals surface area contributed by atoms with Crippen molar-refractivity contribution >= 4 is 29.1 Å². The number of amides is 1. The highest BCUT2D eigenvalue weighted by Crippen LogP contribution is 2.24. The van der Waals surface area contributed by atoms with Crippen LogP contribution in [0.5, 0.6) is 5.75 Å². The standard InChI is InChI=1S/C18H19Cl2NO2/c1-2-16(23-17-6-4-3-5-15(17)20)18(22)21-12-11-13-7-9-14(19)10-8-13/h3-10,16H,2,11-12H2,1H3,(H,21,22)/t16-/m0/s1.